The molecule has 0 saturated carbocycles. The van der Waals surface area contributed by atoms with E-state index in [1.807, 2.05) is 0 Å². The molecule has 2 unspecified atom stereocenters. The zero-order valence-corrected chi connectivity index (χ0v) is 25.5. The van der Waals surface area contributed by atoms with E-state index in [-0.39, 0.29) is 32.3 Å². The Labute approximate surface area is 232 Å². The summed E-state index contributed by atoms with van der Waals surface area (Å²) in [5.41, 5.74) is 10.3. The van der Waals surface area contributed by atoms with Gasteiger partial charge in [0.1, 0.15) is 0 Å². The summed E-state index contributed by atoms with van der Waals surface area (Å²) in [6.07, 6.45) is 4.66. The molecule has 4 heteroatoms. The molecule has 1 heterocycles. The van der Waals surface area contributed by atoms with Crippen LogP contribution in [0.4, 0.5) is 0 Å². The number of rotatable bonds is 7. The van der Waals surface area contributed by atoms with Crippen LogP contribution in [0.25, 0.3) is 22.2 Å². The molecule has 1 aromatic heterocycles. The standard InChI is InChI=1S/C21H20N.C11H24O2.Ir/c1-4-15-6-5-7-20-18(15)12-16-8-9-17-14(3)10-13(2)11-19(17)21(16)22-20;1-8(2)5-10(12)7-11(13)6-9(3)4;/h5-7,10,12H,4,8-9H2,1-3H3;8-13H,5-7H2,1-4H3;/q-1;;. The Morgan fingerprint density at radius 3 is 2.14 bits per heavy atom. The molecule has 0 fully saturated rings. The molecular weight excluding hydrogens is 623 g/mol. The van der Waals surface area contributed by atoms with Gasteiger partial charge in [-0.15, -0.1) is 34.4 Å². The molecule has 199 valence electrons. The van der Waals surface area contributed by atoms with Crippen LogP contribution in [-0.4, -0.2) is 27.4 Å². The van der Waals surface area contributed by atoms with Crippen molar-refractivity contribution < 1.29 is 30.3 Å². The monoisotopic (exact) mass is 667 g/mol. The first kappa shape index (κ1) is 30.6. The first-order chi connectivity index (χ1) is 16.6. The minimum atomic E-state index is -0.339. The van der Waals surface area contributed by atoms with Gasteiger partial charge in [0.25, 0.3) is 0 Å². The Bertz CT molecular complexity index is 1120. The maximum absolute atomic E-state index is 9.54. The molecule has 0 saturated heterocycles. The maximum atomic E-state index is 9.54. The van der Waals surface area contributed by atoms with Gasteiger partial charge in [-0.2, -0.15) is 0 Å². The fourth-order valence-electron chi connectivity index (χ4n) is 5.31. The van der Waals surface area contributed by atoms with Gasteiger partial charge in [0.05, 0.1) is 17.7 Å². The van der Waals surface area contributed by atoms with Crippen molar-refractivity contribution in [2.45, 2.75) is 99.2 Å². The number of hydrogen-bond acceptors (Lipinski definition) is 3. The van der Waals surface area contributed by atoms with Gasteiger partial charge in [0.2, 0.25) is 0 Å². The predicted molar refractivity (Wildman–Crippen MR) is 148 cm³/mol. The summed E-state index contributed by atoms with van der Waals surface area (Å²) in [5.74, 6) is 1.00. The fraction of sp³-hybridized carbons (Fsp3) is 0.531. The molecule has 4 rings (SSSR count). The Hall–Kier alpha value is -1.58. The SMILES string of the molecule is CC(C)CC(O)CC(O)CC(C)C.CCc1cccc2nc3c(cc12)CCc1c-3[c-]c(C)cc1C.[Ir]. The number of aromatic nitrogens is 1. The first-order valence-corrected chi connectivity index (χ1v) is 13.4. The van der Waals surface area contributed by atoms with Crippen molar-refractivity contribution in [3.05, 3.63) is 64.2 Å². The number of aliphatic hydroxyl groups excluding tert-OH is 2. The van der Waals surface area contributed by atoms with Crippen molar-refractivity contribution in [3.63, 3.8) is 0 Å². The van der Waals surface area contributed by atoms with Crippen LogP contribution >= 0.6 is 0 Å². The number of hydrogen-bond donors (Lipinski definition) is 2. The molecule has 1 aliphatic rings. The first-order valence-electron chi connectivity index (χ1n) is 13.4. The second-order valence-corrected chi connectivity index (χ2v) is 11.1. The van der Waals surface area contributed by atoms with Crippen LogP contribution in [0.2, 0.25) is 0 Å². The van der Waals surface area contributed by atoms with Crippen molar-refractivity contribution in [1.82, 2.24) is 4.98 Å². The topological polar surface area (TPSA) is 53.4 Å². The average molecular weight is 667 g/mol. The van der Waals surface area contributed by atoms with Crippen LogP contribution in [-0.2, 0) is 39.4 Å². The van der Waals surface area contributed by atoms with Crippen molar-refractivity contribution in [2.24, 2.45) is 11.8 Å². The molecule has 2 aromatic carbocycles. The summed E-state index contributed by atoms with van der Waals surface area (Å²) >= 11 is 0. The van der Waals surface area contributed by atoms with Crippen LogP contribution in [0, 0.1) is 31.7 Å². The van der Waals surface area contributed by atoms with E-state index in [0.29, 0.717) is 18.3 Å². The number of aliphatic hydroxyl groups is 2. The second kappa shape index (κ2) is 13.8. The third-order valence-electron chi connectivity index (χ3n) is 6.85. The average Bonchev–Trinajstić information content (AvgIpc) is 2.76. The van der Waals surface area contributed by atoms with Gasteiger partial charge in [-0.1, -0.05) is 78.6 Å². The van der Waals surface area contributed by atoms with E-state index in [2.05, 4.69) is 84.9 Å². The predicted octanol–water partition coefficient (Wildman–Crippen LogP) is 7.17. The van der Waals surface area contributed by atoms with Crippen LogP contribution < -0.4 is 0 Å². The van der Waals surface area contributed by atoms with Crippen molar-refractivity contribution >= 4 is 10.9 Å². The van der Waals surface area contributed by atoms with Gasteiger partial charge in [-0.25, -0.2) is 0 Å². The number of fused-ring (bicyclic) bond motifs is 4. The van der Waals surface area contributed by atoms with Gasteiger partial charge >= 0.3 is 0 Å². The number of nitrogens with zero attached hydrogens (tertiary/aromatic N) is 1. The van der Waals surface area contributed by atoms with Crippen molar-refractivity contribution in [2.75, 3.05) is 0 Å². The molecule has 36 heavy (non-hydrogen) atoms. The molecule has 3 nitrogen and oxygen atoms in total. The zero-order valence-electron chi connectivity index (χ0n) is 23.1. The summed E-state index contributed by atoms with van der Waals surface area (Å²) in [7, 11) is 0. The van der Waals surface area contributed by atoms with E-state index < -0.39 is 0 Å². The molecule has 0 aliphatic heterocycles. The Morgan fingerprint density at radius 2 is 1.56 bits per heavy atom. The molecule has 2 atom stereocenters. The Balaban J connectivity index is 0.000000285. The fourth-order valence-corrected chi connectivity index (χ4v) is 5.31. The van der Waals surface area contributed by atoms with Gasteiger partial charge in [0, 0.05) is 25.5 Å². The smallest absolute Gasteiger partial charge is 0.0598 e. The molecular formula is C32H44IrNO2-. The molecule has 3 aromatic rings. The number of pyridine rings is 1. The van der Waals surface area contributed by atoms with E-state index in [9.17, 15) is 10.2 Å². The quantitative estimate of drug-likeness (QED) is 0.263. The van der Waals surface area contributed by atoms with Crippen molar-refractivity contribution in [3.8, 4) is 11.3 Å². The van der Waals surface area contributed by atoms with E-state index in [4.69, 9.17) is 4.98 Å². The normalized spacial score (nSPS) is 14.0. The molecule has 0 amide bonds. The molecule has 2 N–H and O–H groups in total. The minimum Gasteiger partial charge on any atom is -0.393 e. The van der Waals surface area contributed by atoms with Gasteiger partial charge in [0.15, 0.2) is 0 Å². The Morgan fingerprint density at radius 1 is 0.917 bits per heavy atom. The number of benzene rings is 2. The number of aryl methyl sites for hydroxylation is 4. The zero-order chi connectivity index (χ0) is 25.7. The van der Waals surface area contributed by atoms with Crippen molar-refractivity contribution in [1.29, 1.82) is 0 Å². The minimum absolute atomic E-state index is 0. The van der Waals surface area contributed by atoms with E-state index in [1.54, 1.807) is 0 Å². The molecule has 0 spiro atoms. The van der Waals surface area contributed by atoms with E-state index in [0.717, 1.165) is 43.3 Å². The largest absolute Gasteiger partial charge is 0.393 e. The summed E-state index contributed by atoms with van der Waals surface area (Å²) < 4.78 is 0. The second-order valence-electron chi connectivity index (χ2n) is 11.1. The summed E-state index contributed by atoms with van der Waals surface area (Å²) in [5, 5.41) is 20.4. The third kappa shape index (κ3) is 7.96. The molecule has 0 bridgehead atoms. The summed E-state index contributed by atoms with van der Waals surface area (Å²) in [6.45, 7) is 14.9. The third-order valence-corrected chi connectivity index (χ3v) is 6.85. The summed E-state index contributed by atoms with van der Waals surface area (Å²) in [6, 6.07) is 14.6. The summed E-state index contributed by atoms with van der Waals surface area (Å²) in [4.78, 5) is 5.02. The van der Waals surface area contributed by atoms with Gasteiger partial charge in [-0.3, -0.25) is 4.98 Å². The van der Waals surface area contributed by atoms with Gasteiger partial charge in [-0.05, 0) is 61.3 Å². The molecule has 1 radical (unpaired) electrons. The van der Waals surface area contributed by atoms with E-state index in [1.165, 1.54) is 38.8 Å². The molecule has 1 aliphatic carbocycles. The van der Waals surface area contributed by atoms with Crippen LogP contribution in [0.1, 0.15) is 81.7 Å². The van der Waals surface area contributed by atoms with Gasteiger partial charge < -0.3 is 10.2 Å². The van der Waals surface area contributed by atoms with Crippen LogP contribution in [0.15, 0.2) is 30.3 Å². The van der Waals surface area contributed by atoms with Crippen LogP contribution in [0.3, 0.4) is 0 Å². The van der Waals surface area contributed by atoms with Crippen LogP contribution in [0.5, 0.6) is 0 Å². The Kier molecular flexibility index (Phi) is 11.8. The van der Waals surface area contributed by atoms with E-state index >= 15 is 0 Å². The maximum Gasteiger partial charge on any atom is 0.0598 e.